The monoisotopic (exact) mass is 353 g/mol. The molecule has 1 unspecified atom stereocenters. The van der Waals surface area contributed by atoms with Crippen molar-refractivity contribution in [3.05, 3.63) is 46.1 Å². The minimum Gasteiger partial charge on any atom is -0.480 e. The molecule has 7 heteroatoms. The van der Waals surface area contributed by atoms with Crippen LogP contribution in [-0.4, -0.2) is 33.1 Å². The quantitative estimate of drug-likeness (QED) is 0.912. The molecule has 2 aromatic heterocycles. The number of hydrogen-bond donors (Lipinski definition) is 1. The van der Waals surface area contributed by atoms with E-state index in [9.17, 15) is 19.5 Å². The third kappa shape index (κ3) is 2.42. The van der Waals surface area contributed by atoms with Gasteiger partial charge in [0.25, 0.3) is 5.56 Å². The highest BCUT2D eigenvalue weighted by Crippen LogP contribution is 2.41. The van der Waals surface area contributed by atoms with Crippen molar-refractivity contribution in [1.29, 1.82) is 0 Å². The molecule has 0 aromatic carbocycles. The largest absolute Gasteiger partial charge is 0.480 e. The summed E-state index contributed by atoms with van der Waals surface area (Å²) in [5, 5.41) is 9.30. The second kappa shape index (κ2) is 5.79. The van der Waals surface area contributed by atoms with E-state index in [1.807, 2.05) is 6.92 Å². The lowest BCUT2D eigenvalue weighted by Gasteiger charge is -2.24. The molecule has 7 nitrogen and oxygen atoms in total. The number of fused-ring (bicyclic) bond motifs is 3. The first-order valence-electron chi connectivity index (χ1n) is 8.64. The molecule has 0 spiro atoms. The second-order valence-corrected chi connectivity index (χ2v) is 6.93. The fraction of sp³-hybridized carbons (Fsp3) is 0.368. The molecule has 1 saturated carbocycles. The minimum atomic E-state index is -1.13. The van der Waals surface area contributed by atoms with E-state index in [1.165, 1.54) is 4.90 Å². The first-order valence-corrected chi connectivity index (χ1v) is 8.64. The highest BCUT2D eigenvalue weighted by Gasteiger charge is 2.37. The zero-order valence-electron chi connectivity index (χ0n) is 14.6. The summed E-state index contributed by atoms with van der Waals surface area (Å²) in [6, 6.07) is 5.44. The van der Waals surface area contributed by atoms with Crippen molar-refractivity contribution >= 4 is 17.6 Å². The van der Waals surface area contributed by atoms with Gasteiger partial charge in [-0.3, -0.25) is 24.3 Å². The van der Waals surface area contributed by atoms with Crippen LogP contribution in [0.2, 0.25) is 0 Å². The number of pyridine rings is 2. The smallest absolute Gasteiger partial charge is 0.323 e. The van der Waals surface area contributed by atoms with Gasteiger partial charge in [0, 0.05) is 23.5 Å². The molecular weight excluding hydrogens is 334 g/mol. The number of hydrogen-bond acceptors (Lipinski definition) is 4. The van der Waals surface area contributed by atoms with Gasteiger partial charge in [0.05, 0.1) is 22.9 Å². The molecular formula is C19H19N3O4. The van der Waals surface area contributed by atoms with Gasteiger partial charge in [-0.1, -0.05) is 6.07 Å². The molecule has 2 aliphatic rings. The van der Waals surface area contributed by atoms with E-state index < -0.39 is 18.4 Å². The summed E-state index contributed by atoms with van der Waals surface area (Å²) in [6.45, 7) is 3.03. The lowest BCUT2D eigenvalue weighted by molar-refractivity contribution is -0.136. The van der Waals surface area contributed by atoms with E-state index in [1.54, 1.807) is 35.9 Å². The minimum absolute atomic E-state index is 0.178. The van der Waals surface area contributed by atoms with Crippen LogP contribution in [0.25, 0.3) is 11.1 Å². The first kappa shape index (κ1) is 16.5. The van der Waals surface area contributed by atoms with Crippen LogP contribution in [0.15, 0.2) is 29.2 Å². The summed E-state index contributed by atoms with van der Waals surface area (Å²) >= 11 is 0. The average molecular weight is 353 g/mol. The predicted molar refractivity (Wildman–Crippen MR) is 95.3 cm³/mol. The van der Waals surface area contributed by atoms with Crippen LogP contribution in [0.5, 0.6) is 0 Å². The fourth-order valence-electron chi connectivity index (χ4n) is 3.72. The number of aliphatic carboxylic acids is 1. The number of carboxylic acids is 1. The van der Waals surface area contributed by atoms with Crippen LogP contribution in [0.3, 0.4) is 0 Å². The maximum atomic E-state index is 13.3. The van der Waals surface area contributed by atoms with Crippen molar-refractivity contribution < 1.29 is 14.7 Å². The number of carbonyl (C=O) groups is 2. The lowest BCUT2D eigenvalue weighted by atomic mass is 9.98. The van der Waals surface area contributed by atoms with Crippen LogP contribution in [0.1, 0.15) is 43.1 Å². The van der Waals surface area contributed by atoms with Crippen molar-refractivity contribution in [3.8, 4) is 11.1 Å². The Labute approximate surface area is 149 Å². The summed E-state index contributed by atoms with van der Waals surface area (Å²) in [5.74, 6) is -2.12. The Morgan fingerprint density at radius 2 is 2.08 bits per heavy atom. The molecule has 1 N–H and O–H groups in total. The third-order valence-corrected chi connectivity index (χ3v) is 5.07. The molecule has 1 atom stereocenters. The van der Waals surface area contributed by atoms with Crippen molar-refractivity contribution in [3.63, 3.8) is 0 Å². The topological polar surface area (TPSA) is 92.5 Å². The number of amides is 1. The number of carboxylic acid groups (broad SMARTS) is 1. The Hall–Kier alpha value is -2.96. The van der Waals surface area contributed by atoms with Crippen LogP contribution >= 0.6 is 0 Å². The number of anilines is 1. The molecule has 0 saturated heterocycles. The van der Waals surface area contributed by atoms with Crippen LogP contribution in [-0.2, 0) is 9.59 Å². The summed E-state index contributed by atoms with van der Waals surface area (Å²) in [7, 11) is 0. The summed E-state index contributed by atoms with van der Waals surface area (Å²) in [4.78, 5) is 43.2. The zero-order chi connectivity index (χ0) is 18.6. The van der Waals surface area contributed by atoms with E-state index in [2.05, 4.69) is 4.98 Å². The van der Waals surface area contributed by atoms with Crippen molar-refractivity contribution in [2.75, 3.05) is 11.4 Å². The Morgan fingerprint density at radius 3 is 2.73 bits per heavy atom. The van der Waals surface area contributed by atoms with Crippen molar-refractivity contribution in [1.82, 2.24) is 9.55 Å². The van der Waals surface area contributed by atoms with Crippen LogP contribution in [0, 0.1) is 6.92 Å². The van der Waals surface area contributed by atoms with Gasteiger partial charge in [0.2, 0.25) is 5.91 Å². The number of nitrogens with zero attached hydrogens (tertiary/aromatic N) is 3. The van der Waals surface area contributed by atoms with Gasteiger partial charge in [0.15, 0.2) is 0 Å². The van der Waals surface area contributed by atoms with Crippen molar-refractivity contribution in [2.45, 2.75) is 38.6 Å². The predicted octanol–water partition coefficient (Wildman–Crippen LogP) is 2.09. The van der Waals surface area contributed by atoms with E-state index in [0.717, 1.165) is 18.5 Å². The molecule has 1 aliphatic heterocycles. The average Bonchev–Trinajstić information content (AvgIpc) is 3.42. The molecule has 26 heavy (non-hydrogen) atoms. The molecule has 1 fully saturated rings. The molecule has 1 amide bonds. The Bertz CT molecular complexity index is 991. The Morgan fingerprint density at radius 1 is 1.35 bits per heavy atom. The van der Waals surface area contributed by atoms with Gasteiger partial charge in [-0.2, -0.15) is 0 Å². The van der Waals surface area contributed by atoms with Crippen LogP contribution in [0.4, 0.5) is 5.69 Å². The first-order chi connectivity index (χ1) is 12.4. The van der Waals surface area contributed by atoms with E-state index in [0.29, 0.717) is 22.5 Å². The highest BCUT2D eigenvalue weighted by atomic mass is 16.4. The zero-order valence-corrected chi connectivity index (χ0v) is 14.6. The molecule has 2 aromatic rings. The van der Waals surface area contributed by atoms with E-state index >= 15 is 0 Å². The molecule has 0 bridgehead atoms. The van der Waals surface area contributed by atoms with Gasteiger partial charge in [-0.25, -0.2) is 0 Å². The van der Waals surface area contributed by atoms with E-state index in [4.69, 9.17) is 0 Å². The lowest BCUT2D eigenvalue weighted by Crippen LogP contribution is -2.39. The molecule has 0 radical (unpaired) electrons. The van der Waals surface area contributed by atoms with Crippen LogP contribution < -0.4 is 10.5 Å². The summed E-state index contributed by atoms with van der Waals surface area (Å²) in [5.41, 5.74) is 2.39. The maximum absolute atomic E-state index is 13.3. The van der Waals surface area contributed by atoms with Crippen molar-refractivity contribution in [2.24, 2.45) is 0 Å². The number of carbonyl (C=O) groups excluding carboxylic acids is 1. The number of aromatic nitrogens is 2. The maximum Gasteiger partial charge on any atom is 0.323 e. The van der Waals surface area contributed by atoms with Gasteiger partial charge < -0.3 is 9.67 Å². The van der Waals surface area contributed by atoms with E-state index in [-0.39, 0.29) is 17.5 Å². The third-order valence-electron chi connectivity index (χ3n) is 5.07. The van der Waals surface area contributed by atoms with Gasteiger partial charge in [0.1, 0.15) is 6.54 Å². The molecule has 3 heterocycles. The Balaban J connectivity index is 2.07. The number of aryl methyl sites for hydroxylation is 1. The fourth-order valence-corrected chi connectivity index (χ4v) is 3.72. The standard InChI is InChI=1S/C19H19N3O4/c1-10-8-14-16(19(26)22(10)12-5-6-12)13-4-3-7-20-17(13)11(2)18(25)21(14)9-15(23)24/h3-4,7-8,11-12H,5-6,9H2,1-2H3,(H,23,24). The second-order valence-electron chi connectivity index (χ2n) is 6.93. The normalized spacial score (nSPS) is 18.9. The molecule has 4 rings (SSSR count). The van der Waals surface area contributed by atoms with Gasteiger partial charge in [-0.05, 0) is 38.8 Å². The SMILES string of the molecule is Cc1cc2c(c(=O)n1C1CC1)-c1cccnc1C(C)C(=O)N2CC(=O)O. The molecule has 134 valence electrons. The summed E-state index contributed by atoms with van der Waals surface area (Å²) in [6.07, 6.45) is 3.49. The Kier molecular flexibility index (Phi) is 3.68. The van der Waals surface area contributed by atoms with Gasteiger partial charge >= 0.3 is 5.97 Å². The number of rotatable bonds is 3. The molecule has 1 aliphatic carbocycles. The summed E-state index contributed by atoms with van der Waals surface area (Å²) < 4.78 is 1.76. The highest BCUT2D eigenvalue weighted by molar-refractivity contribution is 6.06. The van der Waals surface area contributed by atoms with Gasteiger partial charge in [-0.15, -0.1) is 0 Å².